The summed E-state index contributed by atoms with van der Waals surface area (Å²) >= 11 is 0. The lowest BCUT2D eigenvalue weighted by Gasteiger charge is -2.41. The summed E-state index contributed by atoms with van der Waals surface area (Å²) in [6.45, 7) is 3.23. The molecule has 0 bridgehead atoms. The van der Waals surface area contributed by atoms with Crippen molar-refractivity contribution in [1.82, 2.24) is 9.80 Å². The van der Waals surface area contributed by atoms with E-state index in [0.717, 1.165) is 0 Å². The van der Waals surface area contributed by atoms with Crippen LogP contribution < -0.4 is 0 Å². The van der Waals surface area contributed by atoms with Gasteiger partial charge in [-0.1, -0.05) is 44.2 Å². The number of benzene rings is 1. The van der Waals surface area contributed by atoms with Gasteiger partial charge in [-0.2, -0.15) is 0 Å². The smallest absolute Gasteiger partial charge is 0.339 e. The summed E-state index contributed by atoms with van der Waals surface area (Å²) in [5.74, 6) is -2.86. The molecule has 1 aliphatic heterocycles. The quantitative estimate of drug-likeness (QED) is 0.513. The van der Waals surface area contributed by atoms with E-state index in [1.807, 2.05) is 0 Å². The molecule has 28 heavy (non-hydrogen) atoms. The molecule has 4 amide bonds. The van der Waals surface area contributed by atoms with Crippen LogP contribution in [0.5, 0.6) is 0 Å². The van der Waals surface area contributed by atoms with Gasteiger partial charge in [0.1, 0.15) is 0 Å². The van der Waals surface area contributed by atoms with Gasteiger partial charge in [-0.15, -0.1) is 0 Å². The number of barbiturate groups is 1. The Balaban J connectivity index is 2.42. The second-order valence-corrected chi connectivity index (χ2v) is 6.24. The van der Waals surface area contributed by atoms with E-state index < -0.39 is 48.7 Å². The highest BCUT2D eigenvalue weighted by Gasteiger charge is 2.56. The predicted molar refractivity (Wildman–Crippen MR) is 95.4 cm³/mol. The van der Waals surface area contributed by atoms with E-state index in [2.05, 4.69) is 0 Å². The highest BCUT2D eigenvalue weighted by Crippen LogP contribution is 2.33. The molecule has 2 rings (SSSR count). The molecule has 1 aromatic rings. The molecule has 0 atom stereocenters. The molecule has 9 heteroatoms. The number of ether oxygens (including phenoxy) is 2. The molecule has 1 heterocycles. The molecule has 1 aliphatic rings. The molecule has 1 fully saturated rings. The Bertz CT molecular complexity index is 749. The molecule has 9 nitrogen and oxygen atoms in total. The molecule has 0 spiro atoms. The minimum absolute atomic E-state index is 0.0585. The first-order valence-corrected chi connectivity index (χ1v) is 8.82. The highest BCUT2D eigenvalue weighted by molar-refractivity contribution is 6.22. The van der Waals surface area contributed by atoms with Crippen LogP contribution in [0.2, 0.25) is 0 Å². The number of hydrogen-bond acceptors (Lipinski definition) is 7. The van der Waals surface area contributed by atoms with Crippen molar-refractivity contribution in [2.45, 2.75) is 39.0 Å². The molecule has 0 aliphatic carbocycles. The fourth-order valence-corrected chi connectivity index (χ4v) is 2.67. The second-order valence-electron chi connectivity index (χ2n) is 6.24. The topological polar surface area (TPSA) is 110 Å². The first-order chi connectivity index (χ1) is 13.3. The van der Waals surface area contributed by atoms with Gasteiger partial charge in [0, 0.05) is 12.8 Å². The average molecular weight is 390 g/mol. The van der Waals surface area contributed by atoms with Crippen molar-refractivity contribution in [3.05, 3.63) is 35.9 Å². The van der Waals surface area contributed by atoms with Crippen LogP contribution in [-0.4, -0.2) is 53.0 Å². The summed E-state index contributed by atoms with van der Waals surface area (Å²) < 4.78 is 9.86. The Kier molecular flexibility index (Phi) is 6.50. The Morgan fingerprint density at radius 1 is 0.857 bits per heavy atom. The molecule has 0 N–H and O–H groups in total. The third-order valence-corrected chi connectivity index (χ3v) is 4.45. The van der Waals surface area contributed by atoms with Crippen molar-refractivity contribution in [1.29, 1.82) is 0 Å². The lowest BCUT2D eigenvalue weighted by atomic mass is 9.78. The van der Waals surface area contributed by atoms with Gasteiger partial charge in [-0.25, -0.2) is 14.6 Å². The standard InChI is InChI=1S/C19H22N2O7/c1-4-14(22)27-11-20-16(24)19(3,13-9-7-6-8-10-13)17(25)21(18(20)26)12-28-15(23)5-2/h6-10H,4-5,11-12H2,1-3H3. The van der Waals surface area contributed by atoms with E-state index in [4.69, 9.17) is 9.47 Å². The number of amides is 4. The number of urea groups is 1. The van der Waals surface area contributed by atoms with Crippen LogP contribution in [0.25, 0.3) is 0 Å². The van der Waals surface area contributed by atoms with Gasteiger partial charge in [-0.3, -0.25) is 19.2 Å². The molecule has 0 unspecified atom stereocenters. The molecule has 0 aromatic heterocycles. The Morgan fingerprint density at radius 2 is 1.29 bits per heavy atom. The first-order valence-electron chi connectivity index (χ1n) is 8.82. The normalized spacial score (nSPS) is 16.2. The van der Waals surface area contributed by atoms with Gasteiger partial charge in [-0.05, 0) is 12.5 Å². The molecule has 1 saturated heterocycles. The average Bonchev–Trinajstić information content (AvgIpc) is 2.72. The zero-order valence-electron chi connectivity index (χ0n) is 16.0. The summed E-state index contributed by atoms with van der Waals surface area (Å²) in [7, 11) is 0. The number of hydrogen-bond donors (Lipinski definition) is 0. The third-order valence-electron chi connectivity index (χ3n) is 4.45. The minimum atomic E-state index is -1.74. The first kappa shape index (κ1) is 21.1. The maximum Gasteiger partial charge on any atom is 0.339 e. The zero-order chi connectivity index (χ0) is 20.9. The maximum atomic E-state index is 13.1. The van der Waals surface area contributed by atoms with Crippen LogP contribution in [0.1, 0.15) is 39.2 Å². The Hall–Kier alpha value is -3.23. The second kappa shape index (κ2) is 8.64. The van der Waals surface area contributed by atoms with Crippen molar-refractivity contribution in [2.75, 3.05) is 13.5 Å². The SMILES string of the molecule is CCC(=O)OCN1C(=O)N(COC(=O)CC)C(=O)C(C)(c2ccccc2)C1=O. The molecule has 0 radical (unpaired) electrons. The lowest BCUT2D eigenvalue weighted by molar-refractivity contribution is -0.163. The minimum Gasteiger partial charge on any atom is -0.444 e. The van der Waals surface area contributed by atoms with E-state index >= 15 is 0 Å². The van der Waals surface area contributed by atoms with Gasteiger partial charge >= 0.3 is 18.0 Å². The fraction of sp³-hybridized carbons (Fsp3) is 0.421. The Labute approximate surface area is 162 Å². The van der Waals surface area contributed by atoms with Crippen molar-refractivity contribution >= 4 is 29.8 Å². The van der Waals surface area contributed by atoms with Crippen molar-refractivity contribution in [3.63, 3.8) is 0 Å². The third kappa shape index (κ3) is 3.88. The lowest BCUT2D eigenvalue weighted by Crippen LogP contribution is -2.66. The van der Waals surface area contributed by atoms with E-state index in [1.165, 1.54) is 6.92 Å². The molecular formula is C19H22N2O7. The van der Waals surface area contributed by atoms with E-state index in [9.17, 15) is 24.0 Å². The molecule has 150 valence electrons. The molecule has 0 saturated carbocycles. The van der Waals surface area contributed by atoms with Crippen LogP contribution in [0, 0.1) is 0 Å². The summed E-state index contributed by atoms with van der Waals surface area (Å²) in [6.07, 6.45) is 0.117. The van der Waals surface area contributed by atoms with E-state index in [0.29, 0.717) is 15.4 Å². The van der Waals surface area contributed by atoms with Crippen LogP contribution in [0.4, 0.5) is 4.79 Å². The number of imide groups is 2. The van der Waals surface area contributed by atoms with Crippen LogP contribution in [-0.2, 0) is 34.1 Å². The van der Waals surface area contributed by atoms with Crippen LogP contribution in [0.15, 0.2) is 30.3 Å². The number of carbonyl (C=O) groups excluding carboxylic acids is 5. The largest absolute Gasteiger partial charge is 0.444 e. The summed E-state index contributed by atoms with van der Waals surface area (Å²) in [5.41, 5.74) is -1.39. The summed E-state index contributed by atoms with van der Waals surface area (Å²) in [6, 6.07) is 7.17. The monoisotopic (exact) mass is 390 g/mol. The van der Waals surface area contributed by atoms with Crippen molar-refractivity contribution in [2.24, 2.45) is 0 Å². The van der Waals surface area contributed by atoms with Crippen molar-refractivity contribution < 1.29 is 33.4 Å². The fourth-order valence-electron chi connectivity index (χ4n) is 2.67. The van der Waals surface area contributed by atoms with Gasteiger partial charge in [0.2, 0.25) is 0 Å². The number of esters is 2. The van der Waals surface area contributed by atoms with Gasteiger partial charge in [0.15, 0.2) is 18.9 Å². The summed E-state index contributed by atoms with van der Waals surface area (Å²) in [4.78, 5) is 63.1. The number of nitrogens with zero attached hydrogens (tertiary/aromatic N) is 2. The Morgan fingerprint density at radius 3 is 1.68 bits per heavy atom. The van der Waals surface area contributed by atoms with Gasteiger partial charge in [0.05, 0.1) is 0 Å². The van der Waals surface area contributed by atoms with Gasteiger partial charge in [0.25, 0.3) is 11.8 Å². The summed E-state index contributed by atoms with van der Waals surface area (Å²) in [5, 5.41) is 0. The molecule has 1 aromatic carbocycles. The van der Waals surface area contributed by atoms with Gasteiger partial charge < -0.3 is 9.47 Å². The predicted octanol–water partition coefficient (Wildman–Crippen LogP) is 1.56. The van der Waals surface area contributed by atoms with E-state index in [1.54, 1.807) is 44.2 Å². The van der Waals surface area contributed by atoms with Crippen molar-refractivity contribution in [3.8, 4) is 0 Å². The highest BCUT2D eigenvalue weighted by atomic mass is 16.6. The number of carbonyl (C=O) groups is 5. The van der Waals surface area contributed by atoms with Crippen LogP contribution >= 0.6 is 0 Å². The van der Waals surface area contributed by atoms with E-state index in [-0.39, 0.29) is 12.8 Å². The maximum absolute atomic E-state index is 13.1. The molecular weight excluding hydrogens is 368 g/mol. The zero-order valence-corrected chi connectivity index (χ0v) is 16.0. The number of rotatable bonds is 7. The van der Waals surface area contributed by atoms with Crippen LogP contribution in [0.3, 0.4) is 0 Å².